The third-order valence-corrected chi connectivity index (χ3v) is 6.77. The van der Waals surface area contributed by atoms with Crippen LogP contribution in [0.4, 0.5) is 5.69 Å². The molecule has 0 saturated heterocycles. The summed E-state index contributed by atoms with van der Waals surface area (Å²) >= 11 is 0. The third-order valence-electron chi connectivity index (χ3n) is 6.77. The molecule has 5 rings (SSSR count). The summed E-state index contributed by atoms with van der Waals surface area (Å²) in [7, 11) is 6.86. The highest BCUT2D eigenvalue weighted by atomic mass is 16.5. The molecule has 7 nitrogen and oxygen atoms in total. The Morgan fingerprint density at radius 3 is 2.43 bits per heavy atom. The maximum absolute atomic E-state index is 14.0. The minimum absolute atomic E-state index is 0.110. The van der Waals surface area contributed by atoms with Crippen LogP contribution in [0.25, 0.3) is 10.9 Å². The van der Waals surface area contributed by atoms with Crippen molar-refractivity contribution < 1.29 is 19.1 Å². The predicted octanol–water partition coefficient (Wildman–Crippen LogP) is 4.74. The van der Waals surface area contributed by atoms with Gasteiger partial charge in [-0.05, 0) is 29.8 Å². The standard InChI is InChI=1S/C28H27N3O4/c1-30-16-21(18-9-7-8-12-23(18)30)26-25(19-10-5-6-11-20(19)28(33)31(26)2)27(32)29-22-15-17(34-3)13-14-24(22)35-4/h5-16,25-26H,1-4H3,(H,29,32)/t25-,26+/m0/s1. The number of nitrogens with one attached hydrogen (secondary N) is 1. The molecule has 35 heavy (non-hydrogen) atoms. The number of nitrogens with zero attached hydrogens (tertiary/aromatic N) is 2. The largest absolute Gasteiger partial charge is 0.497 e. The Balaban J connectivity index is 1.67. The van der Waals surface area contributed by atoms with Gasteiger partial charge in [-0.3, -0.25) is 9.59 Å². The summed E-state index contributed by atoms with van der Waals surface area (Å²) in [5.74, 6) is 0.135. The second kappa shape index (κ2) is 8.83. The summed E-state index contributed by atoms with van der Waals surface area (Å²) in [6.07, 6.45) is 2.01. The summed E-state index contributed by atoms with van der Waals surface area (Å²) in [6, 6.07) is 20.1. The number of para-hydroxylation sites is 1. The Kier molecular flexibility index (Phi) is 5.68. The van der Waals surface area contributed by atoms with Crippen LogP contribution in [0.2, 0.25) is 0 Å². The second-order valence-electron chi connectivity index (χ2n) is 8.69. The van der Waals surface area contributed by atoms with Gasteiger partial charge in [-0.25, -0.2) is 0 Å². The number of ether oxygens (including phenoxy) is 2. The minimum Gasteiger partial charge on any atom is -0.497 e. The van der Waals surface area contributed by atoms with Crippen LogP contribution in [0.15, 0.2) is 72.9 Å². The lowest BCUT2D eigenvalue weighted by Crippen LogP contribution is -2.44. The van der Waals surface area contributed by atoms with E-state index in [0.29, 0.717) is 28.3 Å². The average molecular weight is 470 g/mol. The van der Waals surface area contributed by atoms with Crippen LogP contribution in [-0.2, 0) is 11.8 Å². The number of hydrogen-bond acceptors (Lipinski definition) is 4. The normalized spacial score (nSPS) is 17.3. The smallest absolute Gasteiger partial charge is 0.254 e. The first-order valence-corrected chi connectivity index (χ1v) is 11.4. The number of aromatic nitrogens is 1. The number of amides is 2. The first-order valence-electron chi connectivity index (χ1n) is 11.4. The summed E-state index contributed by atoms with van der Waals surface area (Å²) in [6.45, 7) is 0. The maximum Gasteiger partial charge on any atom is 0.254 e. The molecule has 3 aromatic carbocycles. The van der Waals surface area contributed by atoms with Crippen molar-refractivity contribution in [3.8, 4) is 11.5 Å². The molecule has 2 amide bonds. The topological polar surface area (TPSA) is 72.8 Å². The summed E-state index contributed by atoms with van der Waals surface area (Å²) in [5, 5.41) is 4.06. The number of aryl methyl sites for hydroxylation is 1. The molecule has 1 aliphatic rings. The van der Waals surface area contributed by atoms with E-state index in [2.05, 4.69) is 5.32 Å². The van der Waals surface area contributed by atoms with Crippen molar-refractivity contribution in [2.24, 2.45) is 7.05 Å². The van der Waals surface area contributed by atoms with Gasteiger partial charge in [0, 0.05) is 48.4 Å². The average Bonchev–Trinajstić information content (AvgIpc) is 3.22. The van der Waals surface area contributed by atoms with Gasteiger partial charge in [0.1, 0.15) is 11.5 Å². The molecule has 4 aromatic rings. The molecule has 1 aromatic heterocycles. The molecule has 0 fully saturated rings. The van der Waals surface area contributed by atoms with Crippen LogP contribution >= 0.6 is 0 Å². The molecule has 0 unspecified atom stereocenters. The van der Waals surface area contributed by atoms with Gasteiger partial charge in [-0.2, -0.15) is 0 Å². The fourth-order valence-electron chi connectivity index (χ4n) is 5.08. The van der Waals surface area contributed by atoms with Crippen molar-refractivity contribution in [1.29, 1.82) is 0 Å². The van der Waals surface area contributed by atoms with Crippen LogP contribution in [0.3, 0.4) is 0 Å². The monoisotopic (exact) mass is 469 g/mol. The molecule has 7 heteroatoms. The van der Waals surface area contributed by atoms with Gasteiger partial charge in [-0.15, -0.1) is 0 Å². The summed E-state index contributed by atoms with van der Waals surface area (Å²) in [4.78, 5) is 29.1. The molecule has 2 heterocycles. The number of benzene rings is 3. The van der Waals surface area contributed by atoms with Gasteiger partial charge in [0.25, 0.3) is 5.91 Å². The number of fused-ring (bicyclic) bond motifs is 2. The fourth-order valence-corrected chi connectivity index (χ4v) is 5.08. The summed E-state index contributed by atoms with van der Waals surface area (Å²) in [5.41, 5.74) is 3.70. The lowest BCUT2D eigenvalue weighted by atomic mass is 9.79. The highest BCUT2D eigenvalue weighted by Crippen LogP contribution is 2.45. The fraction of sp³-hybridized carbons (Fsp3) is 0.214. The van der Waals surface area contributed by atoms with Crippen molar-refractivity contribution >= 4 is 28.4 Å². The first-order chi connectivity index (χ1) is 16.9. The Morgan fingerprint density at radius 1 is 0.914 bits per heavy atom. The highest BCUT2D eigenvalue weighted by molar-refractivity contribution is 6.05. The molecule has 0 radical (unpaired) electrons. The van der Waals surface area contributed by atoms with Crippen LogP contribution in [0, 0.1) is 0 Å². The molecule has 1 aliphatic heterocycles. The number of carbonyl (C=O) groups excluding carboxylic acids is 2. The summed E-state index contributed by atoms with van der Waals surface area (Å²) < 4.78 is 12.9. The van der Waals surface area contributed by atoms with Crippen molar-refractivity contribution in [3.05, 3.63) is 89.6 Å². The van der Waals surface area contributed by atoms with Gasteiger partial charge in [-0.1, -0.05) is 36.4 Å². The van der Waals surface area contributed by atoms with Gasteiger partial charge in [0.15, 0.2) is 0 Å². The van der Waals surface area contributed by atoms with Crippen molar-refractivity contribution in [3.63, 3.8) is 0 Å². The van der Waals surface area contributed by atoms with E-state index in [1.54, 1.807) is 50.4 Å². The Hall–Kier alpha value is -4.26. The number of methoxy groups -OCH3 is 2. The molecule has 2 atom stereocenters. The van der Waals surface area contributed by atoms with Crippen molar-refractivity contribution in [2.75, 3.05) is 26.6 Å². The van der Waals surface area contributed by atoms with Crippen LogP contribution in [0.5, 0.6) is 11.5 Å². The molecule has 178 valence electrons. The molecular formula is C28H27N3O4. The van der Waals surface area contributed by atoms with Gasteiger partial charge < -0.3 is 24.3 Å². The number of rotatable bonds is 5. The quantitative estimate of drug-likeness (QED) is 0.458. The molecule has 0 bridgehead atoms. The Bertz CT molecular complexity index is 1440. The van der Waals surface area contributed by atoms with Gasteiger partial charge in [0.2, 0.25) is 5.91 Å². The first kappa shape index (κ1) is 22.5. The maximum atomic E-state index is 14.0. The van der Waals surface area contributed by atoms with Gasteiger partial charge in [0.05, 0.1) is 31.9 Å². The van der Waals surface area contributed by atoms with Crippen LogP contribution < -0.4 is 14.8 Å². The number of carbonyl (C=O) groups is 2. The van der Waals surface area contributed by atoms with Crippen LogP contribution in [-0.4, -0.2) is 42.5 Å². The van der Waals surface area contributed by atoms with E-state index >= 15 is 0 Å². The minimum atomic E-state index is -0.643. The van der Waals surface area contributed by atoms with Crippen LogP contribution in [0.1, 0.15) is 33.4 Å². The predicted molar refractivity (Wildman–Crippen MR) is 135 cm³/mol. The third kappa shape index (κ3) is 3.69. The molecule has 0 saturated carbocycles. The number of hydrogen-bond donors (Lipinski definition) is 1. The second-order valence-corrected chi connectivity index (χ2v) is 8.69. The lowest BCUT2D eigenvalue weighted by molar-refractivity contribution is -0.119. The molecule has 1 N–H and O–H groups in total. The van der Waals surface area contributed by atoms with E-state index in [-0.39, 0.29) is 11.8 Å². The van der Waals surface area contributed by atoms with E-state index in [4.69, 9.17) is 9.47 Å². The number of likely N-dealkylation sites (N-methyl/N-ethyl adjacent to an activating group) is 1. The van der Waals surface area contributed by atoms with Crippen molar-refractivity contribution in [2.45, 2.75) is 12.0 Å². The van der Waals surface area contributed by atoms with E-state index in [0.717, 1.165) is 16.5 Å². The highest BCUT2D eigenvalue weighted by Gasteiger charge is 2.43. The molecule has 0 aliphatic carbocycles. The van der Waals surface area contributed by atoms with Crippen molar-refractivity contribution in [1.82, 2.24) is 9.47 Å². The van der Waals surface area contributed by atoms with E-state index in [1.165, 1.54) is 0 Å². The van der Waals surface area contributed by atoms with E-state index in [9.17, 15) is 9.59 Å². The zero-order valence-corrected chi connectivity index (χ0v) is 20.1. The van der Waals surface area contributed by atoms with E-state index in [1.807, 2.05) is 60.3 Å². The van der Waals surface area contributed by atoms with Gasteiger partial charge >= 0.3 is 0 Å². The molecule has 0 spiro atoms. The van der Waals surface area contributed by atoms with E-state index < -0.39 is 12.0 Å². The lowest BCUT2D eigenvalue weighted by Gasteiger charge is -2.39. The zero-order chi connectivity index (χ0) is 24.7. The zero-order valence-electron chi connectivity index (χ0n) is 20.1. The Morgan fingerprint density at radius 2 is 1.66 bits per heavy atom. The number of anilines is 1. The molecular weight excluding hydrogens is 442 g/mol. The SMILES string of the molecule is COc1ccc(OC)c(NC(=O)[C@H]2c3ccccc3C(=O)N(C)[C@@H]2c2cn(C)c3ccccc23)c1. The Labute approximate surface area is 203 Å².